The van der Waals surface area contributed by atoms with Crippen molar-refractivity contribution in [3.8, 4) is 5.75 Å². The second-order valence-electron chi connectivity index (χ2n) is 5.78. The van der Waals surface area contributed by atoms with Crippen LogP contribution in [0.4, 0.5) is 5.69 Å². The second kappa shape index (κ2) is 8.25. The lowest BCUT2D eigenvalue weighted by Gasteiger charge is -2.26. The minimum atomic E-state index is 0.276. The van der Waals surface area contributed by atoms with Crippen LogP contribution in [-0.2, 0) is 0 Å². The number of nitrogens with two attached hydrogens (primary N) is 1. The molecule has 1 aromatic carbocycles. The zero-order chi connectivity index (χ0) is 15.9. The fourth-order valence-electron chi connectivity index (χ4n) is 2.89. The summed E-state index contributed by atoms with van der Waals surface area (Å²) >= 11 is 6.07. The van der Waals surface area contributed by atoms with Crippen molar-refractivity contribution in [3.05, 3.63) is 23.2 Å². The molecule has 6 heteroatoms. The number of benzene rings is 1. The Bertz CT molecular complexity index is 522. The summed E-state index contributed by atoms with van der Waals surface area (Å²) in [5, 5.41) is 12.8. The maximum absolute atomic E-state index is 9.25. The van der Waals surface area contributed by atoms with Crippen LogP contribution in [0.2, 0.25) is 5.02 Å². The summed E-state index contributed by atoms with van der Waals surface area (Å²) in [4.78, 5) is 4.41. The molecule has 1 saturated carbocycles. The number of guanidine groups is 1. The Kier molecular flexibility index (Phi) is 6.34. The number of hydrogen-bond donors (Lipinski definition) is 3. The molecular weight excluding hydrogens is 302 g/mol. The van der Waals surface area contributed by atoms with Crippen LogP contribution in [0.1, 0.15) is 25.7 Å². The van der Waals surface area contributed by atoms with Crippen LogP contribution in [0.15, 0.2) is 23.2 Å². The molecule has 0 unspecified atom stereocenters. The molecular formula is C16H24ClN3O2. The van der Waals surface area contributed by atoms with Crippen LogP contribution < -0.4 is 15.8 Å². The zero-order valence-electron chi connectivity index (χ0n) is 12.9. The van der Waals surface area contributed by atoms with Gasteiger partial charge in [0.2, 0.25) is 0 Å². The van der Waals surface area contributed by atoms with Gasteiger partial charge in [-0.3, -0.25) is 4.99 Å². The lowest BCUT2D eigenvalue weighted by Crippen LogP contribution is -2.25. The summed E-state index contributed by atoms with van der Waals surface area (Å²) in [5.41, 5.74) is 6.71. The number of methoxy groups -OCH3 is 1. The van der Waals surface area contributed by atoms with Crippen molar-refractivity contribution in [1.82, 2.24) is 0 Å². The van der Waals surface area contributed by atoms with Gasteiger partial charge in [-0.15, -0.1) is 0 Å². The standard InChI is InChI=1S/C16H24ClN3O2/c1-22-15-6-5-13(8-14(15)17)20-16(18)19-9-11-3-2-4-12(7-11)10-21/h5-6,8,11-12,21H,2-4,7,9-10H2,1H3,(H3,18,19,20)/t11-,12+/m0/s1. The number of aliphatic hydroxyl groups excluding tert-OH is 1. The number of nitrogens with one attached hydrogen (secondary N) is 1. The Balaban J connectivity index is 1.88. The SMILES string of the molecule is COc1ccc(NC(N)=NC[C@H]2CCC[C@@H](CO)C2)cc1Cl. The van der Waals surface area contributed by atoms with Gasteiger partial charge in [-0.25, -0.2) is 0 Å². The van der Waals surface area contributed by atoms with E-state index in [1.807, 2.05) is 6.07 Å². The van der Waals surface area contributed by atoms with Crippen molar-refractivity contribution < 1.29 is 9.84 Å². The fourth-order valence-corrected chi connectivity index (χ4v) is 3.15. The van der Waals surface area contributed by atoms with Gasteiger partial charge in [-0.1, -0.05) is 18.0 Å². The highest BCUT2D eigenvalue weighted by molar-refractivity contribution is 6.32. The first-order chi connectivity index (χ1) is 10.6. The molecule has 0 saturated heterocycles. The van der Waals surface area contributed by atoms with Gasteiger partial charge >= 0.3 is 0 Å². The molecule has 0 radical (unpaired) electrons. The molecule has 22 heavy (non-hydrogen) atoms. The molecule has 1 aliphatic rings. The van der Waals surface area contributed by atoms with E-state index in [1.165, 1.54) is 0 Å². The summed E-state index contributed by atoms with van der Waals surface area (Å²) in [6.07, 6.45) is 4.46. The molecule has 1 fully saturated rings. The molecule has 0 heterocycles. The van der Waals surface area contributed by atoms with E-state index in [0.717, 1.165) is 31.4 Å². The molecule has 0 aromatic heterocycles. The van der Waals surface area contributed by atoms with Gasteiger partial charge in [-0.05, 0) is 49.3 Å². The predicted molar refractivity (Wildman–Crippen MR) is 90.6 cm³/mol. The normalized spacial score (nSPS) is 22.4. The number of anilines is 1. The summed E-state index contributed by atoms with van der Waals surface area (Å²) < 4.78 is 5.11. The van der Waals surface area contributed by atoms with Crippen LogP contribution in [0, 0.1) is 11.8 Å². The topological polar surface area (TPSA) is 79.9 Å². The number of nitrogens with zero attached hydrogens (tertiary/aromatic N) is 1. The van der Waals surface area contributed by atoms with E-state index in [4.69, 9.17) is 22.1 Å². The Hall–Kier alpha value is -1.46. The molecule has 1 aromatic rings. The van der Waals surface area contributed by atoms with E-state index in [0.29, 0.717) is 35.1 Å². The van der Waals surface area contributed by atoms with E-state index in [1.54, 1.807) is 19.2 Å². The van der Waals surface area contributed by atoms with Crippen molar-refractivity contribution in [1.29, 1.82) is 0 Å². The first-order valence-corrected chi connectivity index (χ1v) is 8.01. The number of halogens is 1. The van der Waals surface area contributed by atoms with Gasteiger partial charge < -0.3 is 20.9 Å². The van der Waals surface area contributed by atoms with Gasteiger partial charge in [-0.2, -0.15) is 0 Å². The fraction of sp³-hybridized carbons (Fsp3) is 0.562. The number of hydrogen-bond acceptors (Lipinski definition) is 3. The van der Waals surface area contributed by atoms with E-state index in [-0.39, 0.29) is 6.61 Å². The van der Waals surface area contributed by atoms with Crippen molar-refractivity contribution in [2.24, 2.45) is 22.6 Å². The maximum Gasteiger partial charge on any atom is 0.193 e. The zero-order valence-corrected chi connectivity index (χ0v) is 13.6. The quantitative estimate of drug-likeness (QED) is 0.574. The molecule has 0 spiro atoms. The Morgan fingerprint density at radius 3 is 2.91 bits per heavy atom. The summed E-state index contributed by atoms with van der Waals surface area (Å²) in [5.74, 6) is 1.93. The van der Waals surface area contributed by atoms with E-state index in [2.05, 4.69) is 10.3 Å². The third-order valence-electron chi connectivity index (χ3n) is 4.09. The summed E-state index contributed by atoms with van der Waals surface area (Å²) in [6, 6.07) is 5.38. The smallest absolute Gasteiger partial charge is 0.193 e. The highest BCUT2D eigenvalue weighted by atomic mass is 35.5. The molecule has 5 nitrogen and oxygen atoms in total. The minimum Gasteiger partial charge on any atom is -0.495 e. The monoisotopic (exact) mass is 325 g/mol. The van der Waals surface area contributed by atoms with Crippen LogP contribution in [0.3, 0.4) is 0 Å². The summed E-state index contributed by atoms with van der Waals surface area (Å²) in [7, 11) is 1.58. The molecule has 0 bridgehead atoms. The van der Waals surface area contributed by atoms with E-state index in [9.17, 15) is 5.11 Å². The first kappa shape index (κ1) is 16.9. The third-order valence-corrected chi connectivity index (χ3v) is 4.39. The highest BCUT2D eigenvalue weighted by Crippen LogP contribution is 2.29. The Morgan fingerprint density at radius 2 is 2.23 bits per heavy atom. The number of aliphatic hydroxyl groups is 1. The van der Waals surface area contributed by atoms with Crippen LogP contribution in [0.25, 0.3) is 0 Å². The highest BCUT2D eigenvalue weighted by Gasteiger charge is 2.21. The molecule has 1 aliphatic carbocycles. The Labute approximate surface area is 136 Å². The van der Waals surface area contributed by atoms with Gasteiger partial charge in [0.15, 0.2) is 5.96 Å². The van der Waals surface area contributed by atoms with Crippen molar-refractivity contribution in [2.45, 2.75) is 25.7 Å². The largest absolute Gasteiger partial charge is 0.495 e. The van der Waals surface area contributed by atoms with Crippen molar-refractivity contribution in [3.63, 3.8) is 0 Å². The van der Waals surface area contributed by atoms with Crippen molar-refractivity contribution >= 4 is 23.2 Å². The van der Waals surface area contributed by atoms with Gasteiger partial charge in [0.25, 0.3) is 0 Å². The van der Waals surface area contributed by atoms with Crippen LogP contribution in [0.5, 0.6) is 5.75 Å². The predicted octanol–water partition coefficient (Wildman–Crippen LogP) is 2.87. The summed E-state index contributed by atoms with van der Waals surface area (Å²) in [6.45, 7) is 0.970. The molecule has 2 atom stereocenters. The lowest BCUT2D eigenvalue weighted by molar-refractivity contribution is 0.163. The molecule has 2 rings (SSSR count). The number of rotatable bonds is 5. The first-order valence-electron chi connectivity index (χ1n) is 7.63. The average molecular weight is 326 g/mol. The van der Waals surface area contributed by atoms with E-state index >= 15 is 0 Å². The molecule has 4 N–H and O–H groups in total. The van der Waals surface area contributed by atoms with Crippen LogP contribution >= 0.6 is 11.6 Å². The molecule has 0 amide bonds. The van der Waals surface area contributed by atoms with E-state index < -0.39 is 0 Å². The van der Waals surface area contributed by atoms with Gasteiger partial charge in [0.1, 0.15) is 5.75 Å². The van der Waals surface area contributed by atoms with Crippen LogP contribution in [-0.4, -0.2) is 31.3 Å². The van der Waals surface area contributed by atoms with Gasteiger partial charge in [0.05, 0.1) is 12.1 Å². The Morgan fingerprint density at radius 1 is 1.45 bits per heavy atom. The minimum absolute atomic E-state index is 0.276. The number of aliphatic imine (C=N–C) groups is 1. The second-order valence-corrected chi connectivity index (χ2v) is 6.19. The molecule has 0 aliphatic heterocycles. The van der Waals surface area contributed by atoms with Gasteiger partial charge in [0, 0.05) is 18.8 Å². The maximum atomic E-state index is 9.25. The molecule has 122 valence electrons. The lowest BCUT2D eigenvalue weighted by atomic mass is 9.82. The third kappa shape index (κ3) is 4.78. The number of ether oxygens (including phenoxy) is 1. The average Bonchev–Trinajstić information content (AvgIpc) is 2.53. The van der Waals surface area contributed by atoms with Crippen molar-refractivity contribution in [2.75, 3.05) is 25.6 Å².